The van der Waals surface area contributed by atoms with Crippen LogP contribution < -0.4 is 5.73 Å². The fraction of sp³-hybridized carbons (Fsp3) is 0.571. The van der Waals surface area contributed by atoms with Gasteiger partial charge in [0, 0.05) is 18.1 Å². The Labute approximate surface area is 121 Å². The number of rotatable bonds is 3. The van der Waals surface area contributed by atoms with Crippen LogP contribution in [0.5, 0.6) is 0 Å². The van der Waals surface area contributed by atoms with Gasteiger partial charge in [-0.05, 0) is 48.7 Å². The van der Waals surface area contributed by atoms with Crippen molar-refractivity contribution in [3.8, 4) is 0 Å². The second kappa shape index (κ2) is 5.54. The summed E-state index contributed by atoms with van der Waals surface area (Å²) in [4.78, 5) is 2.12. The van der Waals surface area contributed by atoms with Gasteiger partial charge in [-0.2, -0.15) is 13.2 Å². The fourth-order valence-electron chi connectivity index (χ4n) is 2.59. The topological polar surface area (TPSA) is 29.3 Å². The van der Waals surface area contributed by atoms with Crippen LogP contribution in [0.1, 0.15) is 24.5 Å². The largest absolute Gasteiger partial charge is 0.416 e. The Bertz CT molecular complexity index is 490. The van der Waals surface area contributed by atoms with Crippen LogP contribution in [0.2, 0.25) is 5.02 Å². The van der Waals surface area contributed by atoms with Gasteiger partial charge in [0.2, 0.25) is 0 Å². The third kappa shape index (κ3) is 3.65. The monoisotopic (exact) mass is 306 g/mol. The Morgan fingerprint density at radius 1 is 1.35 bits per heavy atom. The molecule has 1 unspecified atom stereocenters. The van der Waals surface area contributed by atoms with Crippen molar-refractivity contribution >= 4 is 11.6 Å². The number of likely N-dealkylation sites (tertiary alicyclic amines) is 1. The zero-order valence-corrected chi connectivity index (χ0v) is 12.1. The molecule has 1 aromatic carbocycles. The molecule has 0 bridgehead atoms. The molecule has 0 saturated carbocycles. The van der Waals surface area contributed by atoms with Gasteiger partial charge in [-0.1, -0.05) is 18.5 Å². The minimum absolute atomic E-state index is 0.0609. The number of nitrogens with two attached hydrogens (primary N) is 1. The van der Waals surface area contributed by atoms with E-state index in [9.17, 15) is 13.2 Å². The van der Waals surface area contributed by atoms with E-state index >= 15 is 0 Å². The highest BCUT2D eigenvalue weighted by molar-refractivity contribution is 6.30. The fourth-order valence-corrected chi connectivity index (χ4v) is 2.85. The van der Waals surface area contributed by atoms with Crippen LogP contribution in [0.25, 0.3) is 0 Å². The molecule has 2 rings (SSSR count). The summed E-state index contributed by atoms with van der Waals surface area (Å²) in [5.74, 6) is 0. The van der Waals surface area contributed by atoms with Gasteiger partial charge in [0.05, 0.1) is 5.56 Å². The van der Waals surface area contributed by atoms with Gasteiger partial charge in [-0.15, -0.1) is 0 Å². The molecule has 0 spiro atoms. The summed E-state index contributed by atoms with van der Waals surface area (Å²) >= 11 is 5.79. The van der Waals surface area contributed by atoms with Crippen molar-refractivity contribution in [3.63, 3.8) is 0 Å². The second-order valence-electron chi connectivity index (χ2n) is 5.82. The first-order valence-corrected chi connectivity index (χ1v) is 6.89. The average molecular weight is 307 g/mol. The third-order valence-corrected chi connectivity index (χ3v) is 4.04. The lowest BCUT2D eigenvalue weighted by Crippen LogP contribution is -2.31. The minimum Gasteiger partial charge on any atom is -0.330 e. The predicted octanol–water partition coefficient (Wildman–Crippen LogP) is 3.53. The van der Waals surface area contributed by atoms with Crippen LogP contribution in [0.15, 0.2) is 18.2 Å². The predicted molar refractivity (Wildman–Crippen MR) is 73.5 cm³/mol. The summed E-state index contributed by atoms with van der Waals surface area (Å²) in [7, 11) is 0. The third-order valence-electron chi connectivity index (χ3n) is 3.82. The highest BCUT2D eigenvalue weighted by atomic mass is 35.5. The molecule has 2 N–H and O–H groups in total. The Hall–Kier alpha value is -0.780. The summed E-state index contributed by atoms with van der Waals surface area (Å²) in [6, 6.07) is 3.72. The molecule has 1 aliphatic heterocycles. The van der Waals surface area contributed by atoms with Gasteiger partial charge in [0.25, 0.3) is 0 Å². The van der Waals surface area contributed by atoms with Gasteiger partial charge in [0.1, 0.15) is 0 Å². The maximum absolute atomic E-state index is 12.8. The Morgan fingerprint density at radius 3 is 2.60 bits per heavy atom. The highest BCUT2D eigenvalue weighted by Crippen LogP contribution is 2.33. The van der Waals surface area contributed by atoms with Crippen molar-refractivity contribution < 1.29 is 13.2 Å². The molecule has 1 saturated heterocycles. The zero-order valence-electron chi connectivity index (χ0n) is 11.3. The summed E-state index contributed by atoms with van der Waals surface area (Å²) in [6.07, 6.45) is -3.40. The van der Waals surface area contributed by atoms with Crippen LogP contribution in [-0.2, 0) is 12.7 Å². The molecule has 112 valence electrons. The van der Waals surface area contributed by atoms with E-state index < -0.39 is 11.7 Å². The zero-order chi connectivity index (χ0) is 15.0. The SMILES string of the molecule is CC1(CN)CCN(Cc2cc(Cl)cc(C(F)(F)F)c2)C1. The minimum atomic E-state index is -4.36. The van der Waals surface area contributed by atoms with Gasteiger partial charge >= 0.3 is 6.18 Å². The molecule has 1 fully saturated rings. The van der Waals surface area contributed by atoms with Crippen molar-refractivity contribution in [1.29, 1.82) is 0 Å². The van der Waals surface area contributed by atoms with Crippen molar-refractivity contribution in [1.82, 2.24) is 4.90 Å². The molecule has 0 radical (unpaired) electrons. The number of halogens is 4. The molecule has 1 heterocycles. The maximum atomic E-state index is 12.8. The number of alkyl halides is 3. The lowest BCUT2D eigenvalue weighted by Gasteiger charge is -2.23. The van der Waals surface area contributed by atoms with E-state index in [-0.39, 0.29) is 10.4 Å². The van der Waals surface area contributed by atoms with E-state index in [1.54, 1.807) is 6.07 Å². The van der Waals surface area contributed by atoms with E-state index in [0.29, 0.717) is 18.7 Å². The van der Waals surface area contributed by atoms with Crippen molar-refractivity contribution in [2.24, 2.45) is 11.1 Å². The first-order chi connectivity index (χ1) is 9.22. The standard InChI is InChI=1S/C14H18ClF3N2/c1-13(8-19)2-3-20(9-13)7-10-4-11(14(16,17)18)6-12(15)5-10/h4-6H,2-3,7-9,19H2,1H3. The molecule has 0 aromatic heterocycles. The van der Waals surface area contributed by atoms with E-state index in [1.165, 1.54) is 6.07 Å². The second-order valence-corrected chi connectivity index (χ2v) is 6.26. The van der Waals surface area contributed by atoms with Crippen LogP contribution in [0, 0.1) is 5.41 Å². The van der Waals surface area contributed by atoms with Crippen molar-refractivity contribution in [2.75, 3.05) is 19.6 Å². The van der Waals surface area contributed by atoms with E-state index in [0.717, 1.165) is 25.6 Å². The Morgan fingerprint density at radius 2 is 2.05 bits per heavy atom. The van der Waals surface area contributed by atoms with Gasteiger partial charge in [-0.25, -0.2) is 0 Å². The molecular weight excluding hydrogens is 289 g/mol. The smallest absolute Gasteiger partial charge is 0.330 e. The summed E-state index contributed by atoms with van der Waals surface area (Å²) in [5, 5.41) is 0.121. The molecule has 2 nitrogen and oxygen atoms in total. The maximum Gasteiger partial charge on any atom is 0.416 e. The summed E-state index contributed by atoms with van der Waals surface area (Å²) in [6.45, 7) is 4.82. The van der Waals surface area contributed by atoms with E-state index in [1.807, 2.05) is 0 Å². The average Bonchev–Trinajstić information content (AvgIpc) is 2.70. The van der Waals surface area contributed by atoms with Gasteiger partial charge < -0.3 is 5.73 Å². The van der Waals surface area contributed by atoms with Crippen LogP contribution in [0.4, 0.5) is 13.2 Å². The number of nitrogens with zero attached hydrogens (tertiary/aromatic N) is 1. The van der Waals surface area contributed by atoms with E-state index in [4.69, 9.17) is 17.3 Å². The normalized spacial score (nSPS) is 24.3. The van der Waals surface area contributed by atoms with Gasteiger partial charge in [0.15, 0.2) is 0 Å². The molecular formula is C14H18ClF3N2. The lowest BCUT2D eigenvalue weighted by atomic mass is 9.90. The lowest BCUT2D eigenvalue weighted by molar-refractivity contribution is -0.137. The quantitative estimate of drug-likeness (QED) is 0.925. The Kier molecular flexibility index (Phi) is 4.33. The van der Waals surface area contributed by atoms with Crippen molar-refractivity contribution in [3.05, 3.63) is 34.3 Å². The number of hydrogen-bond acceptors (Lipinski definition) is 2. The molecule has 1 aliphatic rings. The summed E-state index contributed by atoms with van der Waals surface area (Å²) in [5.41, 5.74) is 5.69. The first-order valence-electron chi connectivity index (χ1n) is 6.51. The van der Waals surface area contributed by atoms with E-state index in [2.05, 4.69) is 11.8 Å². The molecule has 20 heavy (non-hydrogen) atoms. The molecule has 1 aromatic rings. The molecule has 1 atom stereocenters. The summed E-state index contributed by atoms with van der Waals surface area (Å²) < 4.78 is 38.3. The van der Waals surface area contributed by atoms with Crippen LogP contribution >= 0.6 is 11.6 Å². The number of benzene rings is 1. The first kappa shape index (κ1) is 15.6. The molecule has 6 heteroatoms. The van der Waals surface area contributed by atoms with Gasteiger partial charge in [-0.3, -0.25) is 4.90 Å². The molecule has 0 aliphatic carbocycles. The van der Waals surface area contributed by atoms with Crippen molar-refractivity contribution in [2.45, 2.75) is 26.1 Å². The highest BCUT2D eigenvalue weighted by Gasteiger charge is 2.33. The Balaban J connectivity index is 2.13. The van der Waals surface area contributed by atoms with Crippen LogP contribution in [-0.4, -0.2) is 24.5 Å². The number of hydrogen-bond donors (Lipinski definition) is 1. The molecule has 0 amide bonds. The van der Waals surface area contributed by atoms with Crippen LogP contribution in [0.3, 0.4) is 0 Å².